The van der Waals surface area contributed by atoms with Crippen LogP contribution in [0.25, 0.3) is 0 Å². The van der Waals surface area contributed by atoms with Crippen molar-refractivity contribution in [3.63, 3.8) is 0 Å². The molecule has 2 radical (unpaired) electrons. The van der Waals surface area contributed by atoms with Crippen molar-refractivity contribution in [1.82, 2.24) is 0 Å². The van der Waals surface area contributed by atoms with Gasteiger partial charge in [-0.05, 0) is 12.8 Å². The van der Waals surface area contributed by atoms with Gasteiger partial charge in [-0.1, -0.05) is 12.8 Å². The number of rotatable bonds is 2. The Morgan fingerprint density at radius 2 is 1.19 bits per heavy atom. The van der Waals surface area contributed by atoms with E-state index in [-0.39, 0.29) is 65.4 Å². The van der Waals surface area contributed by atoms with E-state index in [4.69, 9.17) is 0 Å². The van der Waals surface area contributed by atoms with Crippen molar-refractivity contribution < 1.29 is 84.5 Å². The minimum atomic E-state index is -0.430. The molecular formula is C10H14O4Y2-2. The monoisotopic (exact) mass is 376 g/mol. The largest absolute Gasteiger partial charge is 0.640 e. The summed E-state index contributed by atoms with van der Waals surface area (Å²) in [5, 5.41) is 0. The van der Waals surface area contributed by atoms with E-state index in [2.05, 4.69) is 23.7 Å². The van der Waals surface area contributed by atoms with E-state index in [0.717, 1.165) is 12.8 Å². The minimum Gasteiger partial charge on any atom is -0.640 e. The number of hydrogen-bond donors (Lipinski definition) is 0. The third-order valence-corrected chi connectivity index (χ3v) is 2.66. The molecule has 0 aromatic heterocycles. The summed E-state index contributed by atoms with van der Waals surface area (Å²) in [5.74, 6) is -1.67. The number of carbonyl (C=O) groups is 2. The van der Waals surface area contributed by atoms with Crippen LogP contribution in [0.1, 0.15) is 25.7 Å². The molecule has 1 saturated carbocycles. The van der Waals surface area contributed by atoms with E-state index in [1.165, 1.54) is 0 Å². The average molecular weight is 376 g/mol. The fraction of sp³-hybridized carbons (Fsp3) is 0.600. The summed E-state index contributed by atoms with van der Waals surface area (Å²) in [4.78, 5) is 22.6. The Morgan fingerprint density at radius 1 is 0.875 bits per heavy atom. The van der Waals surface area contributed by atoms with Crippen molar-refractivity contribution in [2.75, 3.05) is 0 Å². The van der Waals surface area contributed by atoms with Crippen LogP contribution in [0.4, 0.5) is 0 Å². The van der Waals surface area contributed by atoms with Gasteiger partial charge in [0.05, 0.1) is 11.8 Å². The molecule has 2 unspecified atom stereocenters. The molecule has 0 aliphatic heterocycles. The minimum absolute atomic E-state index is 0. The molecule has 1 aliphatic rings. The topological polar surface area (TPSA) is 52.6 Å². The molecule has 0 spiro atoms. The molecular weight excluding hydrogens is 362 g/mol. The fourth-order valence-corrected chi connectivity index (χ4v) is 1.91. The van der Waals surface area contributed by atoms with Crippen molar-refractivity contribution in [2.45, 2.75) is 25.7 Å². The summed E-state index contributed by atoms with van der Waals surface area (Å²) in [6.07, 6.45) is 3.18. The van der Waals surface area contributed by atoms with Crippen molar-refractivity contribution in [1.29, 1.82) is 0 Å². The number of carbonyl (C=O) groups excluding carboxylic acids is 2. The zero-order chi connectivity index (χ0) is 10.6. The van der Waals surface area contributed by atoms with E-state index in [1.54, 1.807) is 0 Å². The molecule has 0 saturated heterocycles. The number of hydrogen-bond acceptors (Lipinski definition) is 4. The standard InChI is InChI=1S/C10H14O4.2Y/c1-13-9(11)7-5-3-4-6-8(7)10(12)14-2;;/h7-8H,1-6H2;;/q-2;;. The molecule has 6 heteroatoms. The Morgan fingerprint density at radius 3 is 1.44 bits per heavy atom. The molecule has 0 bridgehead atoms. The second-order valence-corrected chi connectivity index (χ2v) is 3.42. The summed E-state index contributed by atoms with van der Waals surface area (Å²) < 4.78 is 8.79. The van der Waals surface area contributed by atoms with Gasteiger partial charge in [0.15, 0.2) is 0 Å². The van der Waals surface area contributed by atoms with Gasteiger partial charge in [-0.3, -0.25) is 9.59 Å². The first kappa shape index (κ1) is 19.5. The molecule has 4 nitrogen and oxygen atoms in total. The van der Waals surface area contributed by atoms with Crippen LogP contribution in [-0.2, 0) is 84.5 Å². The Kier molecular flexibility index (Phi) is 12.3. The van der Waals surface area contributed by atoms with E-state index in [0.29, 0.717) is 12.8 Å². The SMILES string of the molecule is [CH2-]OC(=O)C1CCCCC1C(=O)O[CH2-].[Y].[Y]. The Hall–Kier alpha value is 1.15. The van der Waals surface area contributed by atoms with Gasteiger partial charge in [0.25, 0.3) is 11.9 Å². The zero-order valence-electron chi connectivity index (χ0n) is 9.19. The van der Waals surface area contributed by atoms with Crippen molar-refractivity contribution in [3.05, 3.63) is 14.2 Å². The van der Waals surface area contributed by atoms with Crippen LogP contribution < -0.4 is 0 Å². The van der Waals surface area contributed by atoms with Gasteiger partial charge in [0.2, 0.25) is 0 Å². The van der Waals surface area contributed by atoms with E-state index >= 15 is 0 Å². The van der Waals surface area contributed by atoms with Gasteiger partial charge in [-0.2, -0.15) is 14.2 Å². The normalized spacial score (nSPS) is 23.4. The summed E-state index contributed by atoms with van der Waals surface area (Å²) >= 11 is 0. The van der Waals surface area contributed by atoms with E-state index in [9.17, 15) is 9.59 Å². The van der Waals surface area contributed by atoms with Crippen LogP contribution in [0, 0.1) is 26.1 Å². The van der Waals surface area contributed by atoms with Gasteiger partial charge in [0, 0.05) is 65.4 Å². The van der Waals surface area contributed by atoms with Crippen molar-refractivity contribution >= 4 is 11.9 Å². The van der Waals surface area contributed by atoms with Crippen LogP contribution in [0.2, 0.25) is 0 Å². The molecule has 0 heterocycles. The maximum absolute atomic E-state index is 11.3. The first-order valence-corrected chi connectivity index (χ1v) is 4.62. The van der Waals surface area contributed by atoms with Crippen LogP contribution in [0.3, 0.4) is 0 Å². The van der Waals surface area contributed by atoms with Gasteiger partial charge in [-0.25, -0.2) is 0 Å². The average Bonchev–Trinajstić information content (AvgIpc) is 2.27. The van der Waals surface area contributed by atoms with Crippen LogP contribution in [0.15, 0.2) is 0 Å². The Bertz CT molecular complexity index is 209. The van der Waals surface area contributed by atoms with Crippen LogP contribution in [0.5, 0.6) is 0 Å². The fourth-order valence-electron chi connectivity index (χ4n) is 1.91. The first-order valence-electron chi connectivity index (χ1n) is 4.62. The summed E-state index contributed by atoms with van der Waals surface area (Å²) in [6.45, 7) is 0. The number of ether oxygens (including phenoxy) is 2. The van der Waals surface area contributed by atoms with E-state index < -0.39 is 23.8 Å². The molecule has 0 aromatic carbocycles. The molecule has 1 fully saturated rings. The molecule has 0 N–H and O–H groups in total. The molecule has 0 aromatic rings. The van der Waals surface area contributed by atoms with Gasteiger partial charge >= 0.3 is 0 Å². The molecule has 86 valence electrons. The predicted octanol–water partition coefficient (Wildman–Crippen LogP) is 1.46. The summed E-state index contributed by atoms with van der Waals surface area (Å²) in [5.41, 5.74) is 0. The predicted molar refractivity (Wildman–Crippen MR) is 48.3 cm³/mol. The first-order chi connectivity index (χ1) is 6.70. The molecule has 1 rings (SSSR count). The third-order valence-electron chi connectivity index (χ3n) is 2.66. The molecule has 1 aliphatic carbocycles. The third kappa shape index (κ3) is 5.20. The van der Waals surface area contributed by atoms with E-state index in [1.807, 2.05) is 0 Å². The molecule has 16 heavy (non-hydrogen) atoms. The van der Waals surface area contributed by atoms with Gasteiger partial charge in [0.1, 0.15) is 0 Å². The van der Waals surface area contributed by atoms with Gasteiger partial charge in [-0.15, -0.1) is 0 Å². The maximum atomic E-state index is 11.3. The zero-order valence-corrected chi connectivity index (χ0v) is 14.9. The molecule has 2 atom stereocenters. The maximum Gasteiger partial charge on any atom is 0.278 e. The Labute approximate surface area is 146 Å². The van der Waals surface area contributed by atoms with Crippen molar-refractivity contribution in [3.8, 4) is 0 Å². The smallest absolute Gasteiger partial charge is 0.278 e. The summed E-state index contributed by atoms with van der Waals surface area (Å²) in [7, 11) is 6.13. The molecule has 0 amide bonds. The van der Waals surface area contributed by atoms with Crippen LogP contribution >= 0.6 is 0 Å². The van der Waals surface area contributed by atoms with Crippen LogP contribution in [-0.4, -0.2) is 11.9 Å². The quantitative estimate of drug-likeness (QED) is 0.541. The number of esters is 2. The second kappa shape index (κ2) is 10.1. The summed E-state index contributed by atoms with van der Waals surface area (Å²) in [6, 6.07) is 0. The second-order valence-electron chi connectivity index (χ2n) is 3.42. The Balaban J connectivity index is 0. The van der Waals surface area contributed by atoms with Gasteiger partial charge < -0.3 is 9.47 Å². The van der Waals surface area contributed by atoms with Crippen molar-refractivity contribution in [2.24, 2.45) is 11.8 Å².